The number of halogens is 2. The fourth-order valence-electron chi connectivity index (χ4n) is 6.82. The lowest BCUT2D eigenvalue weighted by atomic mass is 9.68. The molecule has 3 aliphatic rings. The predicted octanol–water partition coefficient (Wildman–Crippen LogP) is 5.36. The summed E-state index contributed by atoms with van der Waals surface area (Å²) in [6.45, 7) is 5.28. The molecule has 3 heterocycles. The van der Waals surface area contributed by atoms with Crippen molar-refractivity contribution >= 4 is 40.3 Å². The van der Waals surface area contributed by atoms with Crippen LogP contribution in [-0.4, -0.2) is 79.4 Å². The molecule has 2 fully saturated rings. The number of allylic oxidation sites excluding steroid dienone is 1. The van der Waals surface area contributed by atoms with E-state index >= 15 is 4.39 Å². The highest BCUT2D eigenvalue weighted by Crippen LogP contribution is 2.48. The van der Waals surface area contributed by atoms with Crippen LogP contribution < -0.4 is 15.1 Å². The maximum atomic E-state index is 17.0. The molecule has 7 nitrogen and oxygen atoms in total. The lowest BCUT2D eigenvalue weighted by Crippen LogP contribution is -2.51. The molecule has 3 atom stereocenters. The van der Waals surface area contributed by atoms with Gasteiger partial charge in [-0.15, -0.1) is 0 Å². The number of anilines is 2. The number of hydrogen-bond donors (Lipinski definition) is 2. The van der Waals surface area contributed by atoms with Crippen LogP contribution in [-0.2, 0) is 5.41 Å². The average Bonchev–Trinajstić information content (AvgIpc) is 3.24. The molecular formula is C31H38ClFN6O. The number of aliphatic hydroxyl groups excluding tert-OH is 1. The first-order valence-electron chi connectivity index (χ1n) is 14.2. The molecule has 40 heavy (non-hydrogen) atoms. The average molecular weight is 565 g/mol. The van der Waals surface area contributed by atoms with Crippen LogP contribution in [0.25, 0.3) is 17.0 Å². The number of aromatic nitrogens is 2. The van der Waals surface area contributed by atoms with Crippen LogP contribution in [0.4, 0.5) is 16.2 Å². The van der Waals surface area contributed by atoms with E-state index in [0.29, 0.717) is 34.0 Å². The van der Waals surface area contributed by atoms with E-state index in [2.05, 4.69) is 29.2 Å². The molecule has 1 aromatic heterocycles. The summed E-state index contributed by atoms with van der Waals surface area (Å²) in [5.41, 5.74) is 1.58. The van der Waals surface area contributed by atoms with E-state index in [-0.39, 0.29) is 17.7 Å². The third-order valence-electron chi connectivity index (χ3n) is 8.77. The highest BCUT2D eigenvalue weighted by atomic mass is 35.5. The third-order valence-corrected chi connectivity index (χ3v) is 9.07. The standard InChI is InChI=1S/C31H38ClFN6O/c1-31(16-22(40)14-19-8-5-6-9-24(19)31)26-25(32)15-23-28(27(26)33)35-30(38(4)13-7-12-37(2)3)36-29(23)39-17-20-10-11-21(18-39)34-20/h5-6,8-9,14-15,20-21,34,40H,7,10-13,16-18H2,1-4H3. The Morgan fingerprint density at radius 1 is 1.12 bits per heavy atom. The molecule has 0 radical (unpaired) electrons. The van der Waals surface area contributed by atoms with Crippen LogP contribution >= 0.6 is 11.6 Å². The van der Waals surface area contributed by atoms with Crippen molar-refractivity contribution in [3.63, 3.8) is 0 Å². The van der Waals surface area contributed by atoms with E-state index in [4.69, 9.17) is 21.6 Å². The summed E-state index contributed by atoms with van der Waals surface area (Å²) in [5, 5.41) is 15.3. The van der Waals surface area contributed by atoms with Gasteiger partial charge in [-0.1, -0.05) is 42.8 Å². The van der Waals surface area contributed by atoms with Crippen LogP contribution in [0.3, 0.4) is 0 Å². The number of piperazine rings is 1. The molecule has 2 N–H and O–H groups in total. The van der Waals surface area contributed by atoms with Crippen molar-refractivity contribution in [2.45, 2.75) is 50.1 Å². The Labute approximate surface area is 240 Å². The summed E-state index contributed by atoms with van der Waals surface area (Å²) >= 11 is 6.98. The first kappa shape index (κ1) is 27.2. The molecule has 212 valence electrons. The number of nitrogens with zero attached hydrogens (tertiary/aromatic N) is 5. The number of fused-ring (bicyclic) bond motifs is 4. The second-order valence-electron chi connectivity index (χ2n) is 12.1. The monoisotopic (exact) mass is 564 g/mol. The largest absolute Gasteiger partial charge is 0.512 e. The van der Waals surface area contributed by atoms with E-state index < -0.39 is 11.2 Å². The van der Waals surface area contributed by atoms with Gasteiger partial charge in [0.15, 0.2) is 5.82 Å². The summed E-state index contributed by atoms with van der Waals surface area (Å²) in [6.07, 6.45) is 5.21. The predicted molar refractivity (Wildman–Crippen MR) is 161 cm³/mol. The Bertz CT molecular complexity index is 1470. The van der Waals surface area contributed by atoms with Crippen LogP contribution in [0.5, 0.6) is 0 Å². The maximum absolute atomic E-state index is 17.0. The van der Waals surface area contributed by atoms with E-state index in [1.807, 2.05) is 49.2 Å². The summed E-state index contributed by atoms with van der Waals surface area (Å²) in [4.78, 5) is 16.3. The van der Waals surface area contributed by atoms with Gasteiger partial charge in [-0.2, -0.15) is 4.98 Å². The second kappa shape index (κ2) is 10.5. The van der Waals surface area contributed by atoms with Crippen molar-refractivity contribution < 1.29 is 9.50 Å². The van der Waals surface area contributed by atoms with E-state index in [9.17, 15) is 5.11 Å². The van der Waals surface area contributed by atoms with Crippen LogP contribution in [0, 0.1) is 5.82 Å². The van der Waals surface area contributed by atoms with Gasteiger partial charge in [0.2, 0.25) is 5.95 Å². The van der Waals surface area contributed by atoms with Gasteiger partial charge < -0.3 is 25.1 Å². The third kappa shape index (κ3) is 4.80. The number of nitrogens with one attached hydrogen (secondary N) is 1. The highest BCUT2D eigenvalue weighted by molar-refractivity contribution is 6.32. The molecule has 3 aromatic rings. The fourth-order valence-corrected chi connectivity index (χ4v) is 7.22. The molecule has 6 rings (SSSR count). The minimum Gasteiger partial charge on any atom is -0.512 e. The number of rotatable bonds is 7. The first-order chi connectivity index (χ1) is 19.1. The summed E-state index contributed by atoms with van der Waals surface area (Å²) < 4.78 is 17.0. The number of benzene rings is 2. The number of hydrogen-bond acceptors (Lipinski definition) is 7. The Balaban J connectivity index is 1.51. The smallest absolute Gasteiger partial charge is 0.227 e. The molecule has 1 aliphatic carbocycles. The van der Waals surface area contributed by atoms with Crippen molar-refractivity contribution in [3.05, 3.63) is 63.6 Å². The highest BCUT2D eigenvalue weighted by Gasteiger charge is 2.40. The van der Waals surface area contributed by atoms with Crippen molar-refractivity contribution in [1.29, 1.82) is 0 Å². The van der Waals surface area contributed by atoms with Gasteiger partial charge in [-0.3, -0.25) is 0 Å². The van der Waals surface area contributed by atoms with E-state index in [1.54, 1.807) is 6.08 Å². The minimum absolute atomic E-state index is 0.206. The molecule has 2 bridgehead atoms. The normalized spacial score (nSPS) is 24.0. The quantitative estimate of drug-likeness (QED) is 0.400. The van der Waals surface area contributed by atoms with E-state index in [0.717, 1.165) is 62.4 Å². The summed E-state index contributed by atoms with van der Waals surface area (Å²) in [7, 11) is 6.08. The van der Waals surface area contributed by atoms with Crippen LogP contribution in [0.2, 0.25) is 5.02 Å². The molecule has 0 spiro atoms. The molecule has 3 unspecified atom stereocenters. The zero-order chi connectivity index (χ0) is 28.2. The molecule has 0 saturated carbocycles. The SMILES string of the molecule is CN(C)CCCN(C)c1nc(N2CC3CCC(C2)N3)c2cc(Cl)c(C3(C)CC(O)=Cc4ccccc43)c(F)c2n1. The molecule has 0 amide bonds. The molecule has 2 aliphatic heterocycles. The lowest BCUT2D eigenvalue weighted by Gasteiger charge is -2.37. The minimum atomic E-state index is -0.859. The molecular weight excluding hydrogens is 527 g/mol. The lowest BCUT2D eigenvalue weighted by molar-refractivity contribution is 0.350. The molecule has 2 saturated heterocycles. The van der Waals surface area contributed by atoms with Crippen molar-refractivity contribution in [1.82, 2.24) is 20.2 Å². The summed E-state index contributed by atoms with van der Waals surface area (Å²) in [6, 6.07) is 10.4. The van der Waals surface area contributed by atoms with Gasteiger partial charge in [0, 0.05) is 66.6 Å². The van der Waals surface area contributed by atoms with E-state index in [1.165, 1.54) is 0 Å². The van der Waals surface area contributed by atoms with Gasteiger partial charge in [-0.25, -0.2) is 9.37 Å². The number of aliphatic hydroxyl groups is 1. The summed E-state index contributed by atoms with van der Waals surface area (Å²) in [5.74, 6) is 1.01. The van der Waals surface area contributed by atoms with Gasteiger partial charge in [-0.05, 0) is 63.2 Å². The molecule has 9 heteroatoms. The Morgan fingerprint density at radius 3 is 2.58 bits per heavy atom. The topological polar surface area (TPSA) is 67.8 Å². The van der Waals surface area contributed by atoms with Gasteiger partial charge in [0.1, 0.15) is 11.3 Å². The van der Waals surface area contributed by atoms with Gasteiger partial charge >= 0.3 is 0 Å². The van der Waals surface area contributed by atoms with Crippen LogP contribution in [0.15, 0.2) is 36.1 Å². The van der Waals surface area contributed by atoms with Crippen molar-refractivity contribution in [3.8, 4) is 0 Å². The molecule has 2 aromatic carbocycles. The Morgan fingerprint density at radius 2 is 1.85 bits per heavy atom. The Hall–Kier alpha value is -2.94. The first-order valence-corrected chi connectivity index (χ1v) is 14.6. The van der Waals surface area contributed by atoms with Crippen LogP contribution in [0.1, 0.15) is 49.3 Å². The van der Waals surface area contributed by atoms with Crippen molar-refractivity contribution in [2.75, 3.05) is 57.1 Å². The maximum Gasteiger partial charge on any atom is 0.227 e. The van der Waals surface area contributed by atoms with Gasteiger partial charge in [0.25, 0.3) is 0 Å². The zero-order valence-corrected chi connectivity index (χ0v) is 24.5. The van der Waals surface area contributed by atoms with Crippen molar-refractivity contribution in [2.24, 2.45) is 0 Å². The zero-order valence-electron chi connectivity index (χ0n) is 23.7. The second-order valence-corrected chi connectivity index (χ2v) is 12.6. The van der Waals surface area contributed by atoms with Gasteiger partial charge in [0.05, 0.1) is 5.76 Å². The Kier molecular flexibility index (Phi) is 7.13. The fraction of sp³-hybridized carbons (Fsp3) is 0.484.